The lowest BCUT2D eigenvalue weighted by Crippen LogP contribution is -2.39. The summed E-state index contributed by atoms with van der Waals surface area (Å²) < 4.78 is 0. The van der Waals surface area contributed by atoms with E-state index >= 15 is 0 Å². The highest BCUT2D eigenvalue weighted by molar-refractivity contribution is 7.98. The normalized spacial score (nSPS) is 12.1. The molecule has 17 heavy (non-hydrogen) atoms. The second kappa shape index (κ2) is 7.34. The fourth-order valence-corrected chi connectivity index (χ4v) is 2.50. The monoisotopic (exact) mass is 272 g/mol. The molecule has 1 aromatic rings. The van der Waals surface area contributed by atoms with Crippen LogP contribution in [0.5, 0.6) is 0 Å². The number of thiophene rings is 1. The van der Waals surface area contributed by atoms with Crippen LogP contribution in [-0.4, -0.2) is 29.9 Å². The summed E-state index contributed by atoms with van der Waals surface area (Å²) in [7, 11) is 0. The molecule has 0 radical (unpaired) electrons. The molecule has 0 aromatic carbocycles. The summed E-state index contributed by atoms with van der Waals surface area (Å²) in [6.45, 7) is 0. The number of amides is 1. The first kappa shape index (κ1) is 14.1. The summed E-state index contributed by atoms with van der Waals surface area (Å²) in [5.74, 6) is -0.544. The molecular formula is C11H14NO3S2-. The van der Waals surface area contributed by atoms with E-state index in [-0.39, 0.29) is 18.4 Å². The van der Waals surface area contributed by atoms with E-state index in [1.807, 2.05) is 11.6 Å². The Morgan fingerprint density at radius 3 is 2.88 bits per heavy atom. The van der Waals surface area contributed by atoms with Gasteiger partial charge in [-0.05, 0) is 29.9 Å². The van der Waals surface area contributed by atoms with Crippen LogP contribution in [0.1, 0.15) is 22.5 Å². The van der Waals surface area contributed by atoms with Gasteiger partial charge >= 0.3 is 0 Å². The summed E-state index contributed by atoms with van der Waals surface area (Å²) >= 11 is 2.96. The predicted molar refractivity (Wildman–Crippen MR) is 68.2 cm³/mol. The molecule has 0 saturated carbocycles. The van der Waals surface area contributed by atoms with Gasteiger partial charge in [0, 0.05) is 18.4 Å². The van der Waals surface area contributed by atoms with Crippen molar-refractivity contribution >= 4 is 35.0 Å². The van der Waals surface area contributed by atoms with E-state index in [9.17, 15) is 14.7 Å². The Kier molecular flexibility index (Phi) is 6.07. The van der Waals surface area contributed by atoms with Gasteiger partial charge in [-0.25, -0.2) is 0 Å². The lowest BCUT2D eigenvalue weighted by molar-refractivity contribution is -0.306. The van der Waals surface area contributed by atoms with Crippen molar-refractivity contribution < 1.29 is 14.7 Å². The van der Waals surface area contributed by atoms with Crippen LogP contribution in [0.15, 0.2) is 17.5 Å². The molecule has 0 aliphatic carbocycles. The van der Waals surface area contributed by atoms with Gasteiger partial charge in [0.2, 0.25) is 0 Å². The molecule has 1 N–H and O–H groups in total. The standard InChI is InChI=1S/C11H15NO3S2/c1-16-6-4-8(7-10(13)14)12-11(15)9-3-2-5-17-9/h2-3,5,8H,4,6-7H2,1H3,(H,12,15)(H,13,14)/p-1/t8-/m1/s1. The number of aliphatic carboxylic acids is 1. The highest BCUT2D eigenvalue weighted by Crippen LogP contribution is 2.10. The largest absolute Gasteiger partial charge is 0.550 e. The van der Waals surface area contributed by atoms with Gasteiger partial charge in [0.05, 0.1) is 4.88 Å². The van der Waals surface area contributed by atoms with Crippen molar-refractivity contribution in [2.45, 2.75) is 18.9 Å². The number of carboxylic acids is 1. The van der Waals surface area contributed by atoms with Crippen LogP contribution in [0.25, 0.3) is 0 Å². The highest BCUT2D eigenvalue weighted by Gasteiger charge is 2.14. The molecule has 1 aromatic heterocycles. The zero-order valence-corrected chi connectivity index (χ0v) is 11.1. The zero-order valence-electron chi connectivity index (χ0n) is 9.47. The minimum atomic E-state index is -1.14. The van der Waals surface area contributed by atoms with E-state index in [1.54, 1.807) is 23.9 Å². The molecule has 1 amide bonds. The molecule has 0 bridgehead atoms. The Balaban J connectivity index is 2.52. The number of hydrogen-bond acceptors (Lipinski definition) is 5. The van der Waals surface area contributed by atoms with Gasteiger partial charge in [-0.3, -0.25) is 4.79 Å². The topological polar surface area (TPSA) is 69.2 Å². The van der Waals surface area contributed by atoms with E-state index < -0.39 is 5.97 Å². The van der Waals surface area contributed by atoms with E-state index in [2.05, 4.69) is 5.32 Å². The molecule has 94 valence electrons. The summed E-state index contributed by atoms with van der Waals surface area (Å²) in [5, 5.41) is 15.1. The van der Waals surface area contributed by atoms with Crippen molar-refractivity contribution in [1.29, 1.82) is 0 Å². The van der Waals surface area contributed by atoms with Gasteiger partial charge in [-0.2, -0.15) is 11.8 Å². The Morgan fingerprint density at radius 1 is 1.59 bits per heavy atom. The molecule has 6 heteroatoms. The van der Waals surface area contributed by atoms with Crippen LogP contribution in [-0.2, 0) is 4.79 Å². The van der Waals surface area contributed by atoms with Gasteiger partial charge in [-0.15, -0.1) is 11.3 Å². The molecule has 4 nitrogen and oxygen atoms in total. The molecule has 0 fully saturated rings. The first-order valence-electron chi connectivity index (χ1n) is 5.16. The van der Waals surface area contributed by atoms with E-state index in [1.165, 1.54) is 11.3 Å². The summed E-state index contributed by atoms with van der Waals surface area (Å²) in [6.07, 6.45) is 2.43. The SMILES string of the molecule is CSCC[C@H](CC(=O)[O-])NC(=O)c1cccs1. The average Bonchev–Trinajstić information content (AvgIpc) is 2.78. The van der Waals surface area contributed by atoms with Gasteiger partial charge in [0.15, 0.2) is 0 Å². The molecular weight excluding hydrogens is 258 g/mol. The average molecular weight is 272 g/mol. The van der Waals surface area contributed by atoms with Crippen LogP contribution in [0, 0.1) is 0 Å². The van der Waals surface area contributed by atoms with Crippen molar-refractivity contribution in [3.8, 4) is 0 Å². The van der Waals surface area contributed by atoms with Crippen molar-refractivity contribution in [2.24, 2.45) is 0 Å². The first-order valence-corrected chi connectivity index (χ1v) is 7.44. The lowest BCUT2D eigenvalue weighted by atomic mass is 10.1. The molecule has 0 spiro atoms. The number of carbonyl (C=O) groups is 2. The van der Waals surface area contributed by atoms with Crippen molar-refractivity contribution in [3.63, 3.8) is 0 Å². The molecule has 1 atom stereocenters. The van der Waals surface area contributed by atoms with Crippen molar-refractivity contribution in [2.75, 3.05) is 12.0 Å². The second-order valence-corrected chi connectivity index (χ2v) is 5.44. The Labute approximate surface area is 108 Å². The smallest absolute Gasteiger partial charge is 0.261 e. The molecule has 0 aliphatic rings. The van der Waals surface area contributed by atoms with Crippen LogP contribution in [0.2, 0.25) is 0 Å². The number of thioether (sulfide) groups is 1. The van der Waals surface area contributed by atoms with Gasteiger partial charge in [0.25, 0.3) is 5.91 Å². The maximum atomic E-state index is 11.7. The van der Waals surface area contributed by atoms with Crippen molar-refractivity contribution in [1.82, 2.24) is 5.32 Å². The van der Waals surface area contributed by atoms with Crippen LogP contribution in [0.3, 0.4) is 0 Å². The summed E-state index contributed by atoms with van der Waals surface area (Å²) in [4.78, 5) is 22.9. The third-order valence-corrected chi connectivity index (χ3v) is 3.68. The fourth-order valence-electron chi connectivity index (χ4n) is 1.35. The molecule has 1 rings (SSSR count). The maximum absolute atomic E-state index is 11.7. The minimum absolute atomic E-state index is 0.141. The second-order valence-electron chi connectivity index (χ2n) is 3.51. The number of nitrogens with one attached hydrogen (secondary N) is 1. The quantitative estimate of drug-likeness (QED) is 0.795. The highest BCUT2D eigenvalue weighted by atomic mass is 32.2. The van der Waals surface area contributed by atoms with Gasteiger partial charge < -0.3 is 15.2 Å². The molecule has 0 unspecified atom stereocenters. The van der Waals surface area contributed by atoms with Gasteiger partial charge in [0.1, 0.15) is 0 Å². The molecule has 1 heterocycles. The number of carboxylic acid groups (broad SMARTS) is 1. The molecule has 0 saturated heterocycles. The zero-order chi connectivity index (χ0) is 12.7. The van der Waals surface area contributed by atoms with E-state index in [0.29, 0.717) is 11.3 Å². The number of carbonyl (C=O) groups excluding carboxylic acids is 2. The van der Waals surface area contributed by atoms with E-state index in [0.717, 1.165) is 5.75 Å². The summed E-state index contributed by atoms with van der Waals surface area (Å²) in [5.41, 5.74) is 0. The van der Waals surface area contributed by atoms with Crippen LogP contribution in [0.4, 0.5) is 0 Å². The van der Waals surface area contributed by atoms with Gasteiger partial charge in [-0.1, -0.05) is 6.07 Å². The number of rotatable bonds is 7. The Morgan fingerprint density at radius 2 is 2.35 bits per heavy atom. The number of hydrogen-bond donors (Lipinski definition) is 1. The Hall–Kier alpha value is -1.01. The van der Waals surface area contributed by atoms with Crippen LogP contribution < -0.4 is 10.4 Å². The van der Waals surface area contributed by atoms with Crippen molar-refractivity contribution in [3.05, 3.63) is 22.4 Å². The first-order chi connectivity index (χ1) is 8.13. The molecule has 0 aliphatic heterocycles. The summed E-state index contributed by atoms with van der Waals surface area (Å²) in [6, 6.07) is 3.14. The predicted octanol–water partition coefficient (Wildman–Crippen LogP) is 0.740. The third-order valence-electron chi connectivity index (χ3n) is 2.16. The lowest BCUT2D eigenvalue weighted by Gasteiger charge is -2.18. The minimum Gasteiger partial charge on any atom is -0.550 e. The fraction of sp³-hybridized carbons (Fsp3) is 0.455. The third kappa shape index (κ3) is 5.23. The van der Waals surface area contributed by atoms with Crippen LogP contribution >= 0.6 is 23.1 Å². The Bertz CT molecular complexity index is 365. The van der Waals surface area contributed by atoms with E-state index in [4.69, 9.17) is 0 Å². The maximum Gasteiger partial charge on any atom is 0.261 e.